The fraction of sp³-hybridized carbons (Fsp3) is 0. The van der Waals surface area contributed by atoms with Crippen LogP contribution in [0.5, 0.6) is 0 Å². The molecule has 0 unspecified atom stereocenters. The number of nitrogens with two attached hydrogens (primary N) is 1. The van der Waals surface area contributed by atoms with Crippen molar-refractivity contribution >= 4 is 29.0 Å². The molecule has 0 fully saturated rings. The van der Waals surface area contributed by atoms with Crippen molar-refractivity contribution in [1.82, 2.24) is 24.9 Å². The van der Waals surface area contributed by atoms with Gasteiger partial charge in [-0.05, 0) is 26.8 Å². The van der Waals surface area contributed by atoms with Gasteiger partial charge in [0, 0.05) is 4.98 Å². The van der Waals surface area contributed by atoms with E-state index in [-0.39, 0.29) is 28.3 Å². The normalized spacial score (nSPS) is 11.2. The van der Waals surface area contributed by atoms with Crippen LogP contribution >= 0.6 is 11.6 Å². The maximum Gasteiger partial charge on any atom is 0.431 e. The average molecular weight is 272 g/mol. The van der Waals surface area contributed by atoms with E-state index in [2.05, 4.69) is 25.1 Å². The summed E-state index contributed by atoms with van der Waals surface area (Å²) in [5.74, 6) is -0.610. The Labute approximate surface area is 101 Å². The number of nitrogens with zero attached hydrogens (tertiary/aromatic N) is 6. The molecule has 3 aromatic rings. The molecule has 11 nitrogen and oxygen atoms in total. The summed E-state index contributed by atoms with van der Waals surface area (Å²) in [6, 6.07) is 0. The Balaban J connectivity index is 2.34. The quantitative estimate of drug-likeness (QED) is 0.519. The van der Waals surface area contributed by atoms with Crippen molar-refractivity contribution in [2.45, 2.75) is 0 Å². The van der Waals surface area contributed by atoms with Gasteiger partial charge in [0.05, 0.1) is 0 Å². The number of aromatic nitrogens is 5. The van der Waals surface area contributed by atoms with Crippen LogP contribution in [0.3, 0.4) is 0 Å². The van der Waals surface area contributed by atoms with Crippen molar-refractivity contribution in [2.75, 3.05) is 5.73 Å². The van der Waals surface area contributed by atoms with E-state index in [1.807, 2.05) is 0 Å². The maximum atomic E-state index is 10.7. The summed E-state index contributed by atoms with van der Waals surface area (Å²) in [5, 5.41) is 20.9. The van der Waals surface area contributed by atoms with Gasteiger partial charge in [0.15, 0.2) is 11.5 Å². The number of rotatable bonds is 2. The van der Waals surface area contributed by atoms with Crippen LogP contribution in [-0.4, -0.2) is 29.8 Å². The van der Waals surface area contributed by atoms with Gasteiger partial charge < -0.3 is 20.4 Å². The van der Waals surface area contributed by atoms with E-state index in [1.165, 1.54) is 0 Å². The second-order valence-corrected chi connectivity index (χ2v) is 3.44. The fourth-order valence-corrected chi connectivity index (χ4v) is 1.62. The lowest BCUT2D eigenvalue weighted by Crippen LogP contribution is -1.93. The molecule has 0 saturated carbocycles. The number of fused-ring (bicyclic) bond motifs is 1. The molecule has 2 N–H and O–H groups in total. The summed E-state index contributed by atoms with van der Waals surface area (Å²) in [5.41, 5.74) is 5.29. The van der Waals surface area contributed by atoms with Crippen molar-refractivity contribution in [1.29, 1.82) is 0 Å². The maximum absolute atomic E-state index is 10.7. The van der Waals surface area contributed by atoms with Crippen LogP contribution in [0, 0.1) is 10.1 Å². The Bertz CT molecular complexity index is 757. The molecule has 0 atom stereocenters. The molecule has 0 amide bonds. The summed E-state index contributed by atoms with van der Waals surface area (Å²) >= 11 is 5.77. The van der Waals surface area contributed by atoms with E-state index in [0.717, 1.165) is 4.40 Å². The minimum Gasteiger partial charge on any atom is -0.379 e. The molecule has 0 saturated heterocycles. The number of halogens is 1. The second kappa shape index (κ2) is 3.40. The van der Waals surface area contributed by atoms with E-state index in [1.54, 1.807) is 0 Å². The first-order valence-corrected chi connectivity index (χ1v) is 4.74. The topological polar surface area (TPSA) is 151 Å². The molecule has 0 aliphatic rings. The summed E-state index contributed by atoms with van der Waals surface area (Å²) in [4.78, 5) is 13.5. The summed E-state index contributed by atoms with van der Waals surface area (Å²) in [6.45, 7) is 0. The lowest BCUT2D eigenvalue weighted by atomic mass is 10.4. The standard InChI is InChI=1S/C6H2ClN7O4/c7-6-9-4(14(15)16)5-13(6)3(12-17-5)1-2(8)11-18-10-1/h(H2,8,11). The summed E-state index contributed by atoms with van der Waals surface area (Å²) in [6.07, 6.45) is 0. The largest absolute Gasteiger partial charge is 0.431 e. The van der Waals surface area contributed by atoms with E-state index >= 15 is 0 Å². The van der Waals surface area contributed by atoms with Crippen LogP contribution < -0.4 is 5.73 Å². The minimum absolute atomic E-state index is 0.00866. The lowest BCUT2D eigenvalue weighted by Gasteiger charge is -1.87. The van der Waals surface area contributed by atoms with E-state index in [9.17, 15) is 10.1 Å². The Hall–Kier alpha value is -2.69. The Morgan fingerprint density at radius 1 is 1.39 bits per heavy atom. The fourth-order valence-electron chi connectivity index (χ4n) is 1.38. The van der Waals surface area contributed by atoms with Gasteiger partial charge in [-0.3, -0.25) is 0 Å². The summed E-state index contributed by atoms with van der Waals surface area (Å²) in [7, 11) is 0. The second-order valence-electron chi connectivity index (χ2n) is 3.11. The molecular formula is C6H2ClN7O4. The average Bonchev–Trinajstić information content (AvgIpc) is 2.96. The molecule has 12 heteroatoms. The molecule has 0 radical (unpaired) electrons. The molecule has 3 heterocycles. The van der Waals surface area contributed by atoms with E-state index < -0.39 is 10.7 Å². The third kappa shape index (κ3) is 1.24. The van der Waals surface area contributed by atoms with Gasteiger partial charge in [0.25, 0.3) is 0 Å². The first-order valence-electron chi connectivity index (χ1n) is 4.36. The first-order chi connectivity index (χ1) is 8.59. The Kier molecular flexibility index (Phi) is 1.98. The van der Waals surface area contributed by atoms with Crippen molar-refractivity contribution in [3.05, 3.63) is 15.4 Å². The van der Waals surface area contributed by atoms with Crippen molar-refractivity contribution in [3.8, 4) is 11.5 Å². The van der Waals surface area contributed by atoms with Crippen molar-refractivity contribution < 1.29 is 14.1 Å². The third-order valence-electron chi connectivity index (χ3n) is 2.11. The van der Waals surface area contributed by atoms with Crippen LogP contribution in [-0.2, 0) is 0 Å². The molecule has 0 aromatic carbocycles. The molecule has 0 aliphatic heterocycles. The predicted molar refractivity (Wildman–Crippen MR) is 54.6 cm³/mol. The lowest BCUT2D eigenvalue weighted by molar-refractivity contribution is -0.388. The molecule has 0 bridgehead atoms. The molecule has 3 aromatic heterocycles. The van der Waals surface area contributed by atoms with Gasteiger partial charge in [0.2, 0.25) is 5.82 Å². The Morgan fingerprint density at radius 2 is 2.17 bits per heavy atom. The van der Waals surface area contributed by atoms with Crippen LogP contribution in [0.4, 0.5) is 11.6 Å². The van der Waals surface area contributed by atoms with E-state index in [0.29, 0.717) is 0 Å². The van der Waals surface area contributed by atoms with Crippen molar-refractivity contribution in [3.63, 3.8) is 0 Å². The number of nitro groups is 1. The Morgan fingerprint density at radius 3 is 2.78 bits per heavy atom. The minimum atomic E-state index is -0.749. The number of anilines is 1. The zero-order valence-corrected chi connectivity index (χ0v) is 9.03. The van der Waals surface area contributed by atoms with Gasteiger partial charge >= 0.3 is 16.8 Å². The van der Waals surface area contributed by atoms with Gasteiger partial charge in [-0.25, -0.2) is 9.03 Å². The third-order valence-corrected chi connectivity index (χ3v) is 2.36. The zero-order chi connectivity index (χ0) is 12.9. The highest BCUT2D eigenvalue weighted by Crippen LogP contribution is 2.30. The highest BCUT2D eigenvalue weighted by Gasteiger charge is 2.30. The first kappa shape index (κ1) is 10.5. The molecule has 0 spiro atoms. The van der Waals surface area contributed by atoms with Gasteiger partial charge in [-0.15, -0.1) is 0 Å². The van der Waals surface area contributed by atoms with Gasteiger partial charge in [-0.1, -0.05) is 5.16 Å². The van der Waals surface area contributed by atoms with Crippen molar-refractivity contribution in [2.24, 2.45) is 0 Å². The van der Waals surface area contributed by atoms with E-state index in [4.69, 9.17) is 21.9 Å². The molecular weight excluding hydrogens is 270 g/mol. The molecule has 0 aliphatic carbocycles. The van der Waals surface area contributed by atoms with Gasteiger partial charge in [-0.2, -0.15) is 0 Å². The van der Waals surface area contributed by atoms with Crippen LogP contribution in [0.2, 0.25) is 5.28 Å². The zero-order valence-electron chi connectivity index (χ0n) is 8.27. The van der Waals surface area contributed by atoms with Gasteiger partial charge in [0.1, 0.15) is 0 Å². The monoisotopic (exact) mass is 271 g/mol. The smallest absolute Gasteiger partial charge is 0.379 e. The molecule has 18 heavy (non-hydrogen) atoms. The number of nitrogen functional groups attached to an aromatic ring is 1. The highest BCUT2D eigenvalue weighted by molar-refractivity contribution is 6.29. The number of imidazole rings is 1. The predicted octanol–water partition coefficient (Wildman–Crippen LogP) is 0.516. The van der Waals surface area contributed by atoms with Crippen LogP contribution in [0.25, 0.3) is 17.2 Å². The molecule has 92 valence electrons. The van der Waals surface area contributed by atoms with Crippen LogP contribution in [0.1, 0.15) is 0 Å². The SMILES string of the molecule is Nc1nonc1-c1noc2c([N+](=O)[O-])nc(Cl)n12. The molecule has 3 rings (SSSR count). The summed E-state index contributed by atoms with van der Waals surface area (Å²) < 4.78 is 10.3. The van der Waals surface area contributed by atoms with Crippen LogP contribution in [0.15, 0.2) is 9.15 Å². The number of hydrogen-bond donors (Lipinski definition) is 1. The number of hydrogen-bond acceptors (Lipinski definition) is 9. The highest BCUT2D eigenvalue weighted by atomic mass is 35.5.